The molecule has 0 spiro atoms. The molecule has 1 aliphatic rings. The molecule has 0 aromatic rings. The summed E-state index contributed by atoms with van der Waals surface area (Å²) in [6.07, 6.45) is 6.76. The maximum atomic E-state index is 11.6. The van der Waals surface area contributed by atoms with Gasteiger partial charge in [0.05, 0.1) is 0 Å². The molecule has 0 bridgehead atoms. The number of carbonyl (C=O) groups excluding carboxylic acids is 1. The summed E-state index contributed by atoms with van der Waals surface area (Å²) >= 11 is 0. The standard InChI is InChI=1S/C13H26N2O/c1-3-4-5-6-7-8-13(16)15-12-10-14-9-11(12)2/h11-12,14H,3-10H2,1-2H3,(H,15,16). The summed E-state index contributed by atoms with van der Waals surface area (Å²) in [6.45, 7) is 6.36. The van der Waals surface area contributed by atoms with E-state index in [-0.39, 0.29) is 5.91 Å². The predicted molar refractivity (Wildman–Crippen MR) is 67.3 cm³/mol. The molecular formula is C13H26N2O. The minimum atomic E-state index is 0.233. The summed E-state index contributed by atoms with van der Waals surface area (Å²) in [5.74, 6) is 0.807. The lowest BCUT2D eigenvalue weighted by Crippen LogP contribution is -2.39. The molecule has 0 aromatic heterocycles. The smallest absolute Gasteiger partial charge is 0.220 e. The van der Waals surface area contributed by atoms with Crippen LogP contribution in [0, 0.1) is 5.92 Å². The summed E-state index contributed by atoms with van der Waals surface area (Å²) in [5.41, 5.74) is 0. The molecule has 0 saturated carbocycles. The van der Waals surface area contributed by atoms with Crippen LogP contribution in [0.5, 0.6) is 0 Å². The van der Waals surface area contributed by atoms with Crippen LogP contribution in [0.4, 0.5) is 0 Å². The molecule has 1 amide bonds. The molecule has 0 aliphatic carbocycles. The quantitative estimate of drug-likeness (QED) is 0.653. The summed E-state index contributed by atoms with van der Waals surface area (Å²) < 4.78 is 0. The van der Waals surface area contributed by atoms with Gasteiger partial charge in [-0.25, -0.2) is 0 Å². The number of nitrogens with one attached hydrogen (secondary N) is 2. The van der Waals surface area contributed by atoms with E-state index in [2.05, 4.69) is 24.5 Å². The minimum Gasteiger partial charge on any atom is -0.352 e. The van der Waals surface area contributed by atoms with Crippen molar-refractivity contribution >= 4 is 5.91 Å². The van der Waals surface area contributed by atoms with Gasteiger partial charge in [-0.05, 0) is 18.9 Å². The summed E-state index contributed by atoms with van der Waals surface area (Å²) in [4.78, 5) is 11.6. The van der Waals surface area contributed by atoms with Crippen LogP contribution in [-0.4, -0.2) is 25.0 Å². The molecule has 94 valence electrons. The molecule has 0 radical (unpaired) electrons. The molecule has 1 rings (SSSR count). The van der Waals surface area contributed by atoms with Gasteiger partial charge in [0.15, 0.2) is 0 Å². The number of hydrogen-bond donors (Lipinski definition) is 2. The first-order chi connectivity index (χ1) is 7.74. The molecule has 1 aliphatic heterocycles. The van der Waals surface area contributed by atoms with Crippen LogP contribution in [0.1, 0.15) is 52.4 Å². The molecule has 2 unspecified atom stereocenters. The van der Waals surface area contributed by atoms with Gasteiger partial charge in [0.25, 0.3) is 0 Å². The van der Waals surface area contributed by atoms with E-state index in [1.54, 1.807) is 0 Å². The zero-order valence-corrected chi connectivity index (χ0v) is 10.7. The Balaban J connectivity index is 2.02. The van der Waals surface area contributed by atoms with Crippen molar-refractivity contribution < 1.29 is 4.79 Å². The van der Waals surface area contributed by atoms with Crippen LogP contribution in [0.25, 0.3) is 0 Å². The zero-order valence-electron chi connectivity index (χ0n) is 10.7. The third kappa shape index (κ3) is 4.97. The predicted octanol–water partition coefficient (Wildman–Crippen LogP) is 2.07. The van der Waals surface area contributed by atoms with E-state index in [1.807, 2.05) is 0 Å². The normalized spacial score (nSPS) is 24.6. The number of unbranched alkanes of at least 4 members (excludes halogenated alkanes) is 4. The zero-order chi connectivity index (χ0) is 11.8. The fourth-order valence-corrected chi connectivity index (χ4v) is 2.17. The van der Waals surface area contributed by atoms with Crippen molar-refractivity contribution in [1.29, 1.82) is 0 Å². The molecule has 3 heteroatoms. The Morgan fingerprint density at radius 3 is 2.62 bits per heavy atom. The first-order valence-electron chi connectivity index (χ1n) is 6.74. The molecule has 1 fully saturated rings. The number of carbonyl (C=O) groups is 1. The SMILES string of the molecule is CCCCCCCC(=O)NC1CNCC1C. The highest BCUT2D eigenvalue weighted by atomic mass is 16.1. The van der Waals surface area contributed by atoms with Crippen LogP contribution in [0.2, 0.25) is 0 Å². The van der Waals surface area contributed by atoms with Crippen molar-refractivity contribution in [2.45, 2.75) is 58.4 Å². The van der Waals surface area contributed by atoms with Gasteiger partial charge in [-0.2, -0.15) is 0 Å². The maximum Gasteiger partial charge on any atom is 0.220 e. The Hall–Kier alpha value is -0.570. The second-order valence-corrected chi connectivity index (χ2v) is 4.97. The summed E-state index contributed by atoms with van der Waals surface area (Å²) in [5, 5.41) is 6.41. The van der Waals surface area contributed by atoms with Crippen molar-refractivity contribution in [1.82, 2.24) is 10.6 Å². The lowest BCUT2D eigenvalue weighted by Gasteiger charge is -2.16. The van der Waals surface area contributed by atoms with Gasteiger partial charge in [-0.15, -0.1) is 0 Å². The monoisotopic (exact) mass is 226 g/mol. The summed E-state index contributed by atoms with van der Waals surface area (Å²) in [7, 11) is 0. The van der Waals surface area contributed by atoms with Crippen LogP contribution in [0.15, 0.2) is 0 Å². The third-order valence-corrected chi connectivity index (χ3v) is 3.37. The second kappa shape index (κ2) is 7.66. The van der Waals surface area contributed by atoms with E-state index in [0.29, 0.717) is 18.4 Å². The molecule has 1 heterocycles. The van der Waals surface area contributed by atoms with Gasteiger partial charge in [-0.1, -0.05) is 39.5 Å². The Morgan fingerprint density at radius 2 is 2.00 bits per heavy atom. The highest BCUT2D eigenvalue weighted by Gasteiger charge is 2.23. The fourth-order valence-electron chi connectivity index (χ4n) is 2.17. The number of rotatable bonds is 7. The molecule has 2 atom stereocenters. The highest BCUT2D eigenvalue weighted by Crippen LogP contribution is 2.09. The fraction of sp³-hybridized carbons (Fsp3) is 0.923. The van der Waals surface area contributed by atoms with Crippen LogP contribution < -0.4 is 10.6 Å². The van der Waals surface area contributed by atoms with Gasteiger partial charge >= 0.3 is 0 Å². The van der Waals surface area contributed by atoms with E-state index < -0.39 is 0 Å². The van der Waals surface area contributed by atoms with Crippen LogP contribution in [-0.2, 0) is 4.79 Å². The van der Waals surface area contributed by atoms with E-state index >= 15 is 0 Å². The highest BCUT2D eigenvalue weighted by molar-refractivity contribution is 5.76. The Bertz CT molecular complexity index is 206. The minimum absolute atomic E-state index is 0.233. The molecule has 2 N–H and O–H groups in total. The summed E-state index contributed by atoms with van der Waals surface area (Å²) in [6, 6.07) is 0.350. The van der Waals surface area contributed by atoms with Crippen molar-refractivity contribution in [3.8, 4) is 0 Å². The van der Waals surface area contributed by atoms with Gasteiger partial charge < -0.3 is 10.6 Å². The second-order valence-electron chi connectivity index (χ2n) is 4.97. The topological polar surface area (TPSA) is 41.1 Å². The first-order valence-corrected chi connectivity index (χ1v) is 6.74. The van der Waals surface area contributed by atoms with Crippen LogP contribution >= 0.6 is 0 Å². The number of amides is 1. The van der Waals surface area contributed by atoms with Gasteiger partial charge in [0.2, 0.25) is 5.91 Å². The first kappa shape index (κ1) is 13.5. The van der Waals surface area contributed by atoms with Crippen LogP contribution in [0.3, 0.4) is 0 Å². The van der Waals surface area contributed by atoms with E-state index in [0.717, 1.165) is 19.5 Å². The van der Waals surface area contributed by atoms with Crippen molar-refractivity contribution in [2.24, 2.45) is 5.92 Å². The molecule has 1 saturated heterocycles. The van der Waals surface area contributed by atoms with E-state index in [1.165, 1.54) is 25.7 Å². The molecule has 16 heavy (non-hydrogen) atoms. The lowest BCUT2D eigenvalue weighted by atomic mass is 10.1. The Morgan fingerprint density at radius 1 is 1.25 bits per heavy atom. The average molecular weight is 226 g/mol. The van der Waals surface area contributed by atoms with Crippen molar-refractivity contribution in [3.05, 3.63) is 0 Å². The van der Waals surface area contributed by atoms with Crippen molar-refractivity contribution in [3.63, 3.8) is 0 Å². The van der Waals surface area contributed by atoms with Gasteiger partial charge in [0, 0.05) is 19.0 Å². The Kier molecular flexibility index (Phi) is 6.46. The molecule has 3 nitrogen and oxygen atoms in total. The van der Waals surface area contributed by atoms with Crippen molar-refractivity contribution in [2.75, 3.05) is 13.1 Å². The molecule has 0 aromatic carbocycles. The molecular weight excluding hydrogens is 200 g/mol. The van der Waals surface area contributed by atoms with E-state index in [4.69, 9.17) is 0 Å². The van der Waals surface area contributed by atoms with E-state index in [9.17, 15) is 4.79 Å². The van der Waals surface area contributed by atoms with Gasteiger partial charge in [0.1, 0.15) is 0 Å². The Labute approximate surface area is 99.4 Å². The lowest BCUT2D eigenvalue weighted by molar-refractivity contribution is -0.122. The average Bonchev–Trinajstić information content (AvgIpc) is 2.64. The maximum absolute atomic E-state index is 11.6. The third-order valence-electron chi connectivity index (χ3n) is 3.37. The number of hydrogen-bond acceptors (Lipinski definition) is 2. The van der Waals surface area contributed by atoms with Gasteiger partial charge in [-0.3, -0.25) is 4.79 Å². The largest absolute Gasteiger partial charge is 0.352 e.